The first-order chi connectivity index (χ1) is 8.02. The number of Topliss-reactive ketones (excluding diaryl/α,β-unsaturated/α-hetero) is 1. The molecule has 0 saturated carbocycles. The van der Waals surface area contributed by atoms with Crippen LogP contribution in [0.25, 0.3) is 11.0 Å². The Hall–Kier alpha value is -2.37. The van der Waals surface area contributed by atoms with E-state index in [1.807, 2.05) is 0 Å². The third-order valence-electron chi connectivity index (χ3n) is 2.35. The number of nitrogens with zero attached hydrogens (tertiary/aromatic N) is 1. The van der Waals surface area contributed by atoms with Crippen molar-refractivity contribution in [2.24, 2.45) is 0 Å². The SMILES string of the molecule is COc1cc([N+](=O)[O-])c2oc(C(C)=O)cc2c1. The molecule has 6 nitrogen and oxygen atoms in total. The highest BCUT2D eigenvalue weighted by Gasteiger charge is 2.20. The van der Waals surface area contributed by atoms with Crippen LogP contribution in [0.5, 0.6) is 5.75 Å². The van der Waals surface area contributed by atoms with Gasteiger partial charge < -0.3 is 9.15 Å². The molecule has 0 N–H and O–H groups in total. The monoisotopic (exact) mass is 235 g/mol. The maximum Gasteiger partial charge on any atom is 0.315 e. The Balaban J connectivity index is 2.77. The van der Waals surface area contributed by atoms with Crippen LogP contribution in [0.2, 0.25) is 0 Å². The van der Waals surface area contributed by atoms with Crippen LogP contribution in [0.15, 0.2) is 22.6 Å². The summed E-state index contributed by atoms with van der Waals surface area (Å²) < 4.78 is 10.1. The van der Waals surface area contributed by atoms with Crippen molar-refractivity contribution in [3.8, 4) is 5.75 Å². The number of hydrogen-bond acceptors (Lipinski definition) is 5. The summed E-state index contributed by atoms with van der Waals surface area (Å²) in [6.07, 6.45) is 0. The molecule has 0 aliphatic carbocycles. The van der Waals surface area contributed by atoms with Crippen molar-refractivity contribution >= 4 is 22.4 Å². The molecule has 0 amide bonds. The van der Waals surface area contributed by atoms with Crippen LogP contribution in [0, 0.1) is 10.1 Å². The minimum absolute atomic E-state index is 0.0843. The summed E-state index contributed by atoms with van der Waals surface area (Å²) in [5.41, 5.74) is -0.132. The summed E-state index contributed by atoms with van der Waals surface area (Å²) in [7, 11) is 1.41. The molecule has 88 valence electrons. The lowest BCUT2D eigenvalue weighted by Crippen LogP contribution is -1.90. The van der Waals surface area contributed by atoms with Crippen molar-refractivity contribution in [3.63, 3.8) is 0 Å². The van der Waals surface area contributed by atoms with Crippen LogP contribution in [-0.4, -0.2) is 17.8 Å². The van der Waals surface area contributed by atoms with Crippen LogP contribution in [0.3, 0.4) is 0 Å². The fourth-order valence-corrected chi connectivity index (χ4v) is 1.53. The second-order valence-electron chi connectivity index (χ2n) is 3.49. The first-order valence-electron chi connectivity index (χ1n) is 4.80. The number of nitro benzene ring substituents is 1. The predicted octanol–water partition coefficient (Wildman–Crippen LogP) is 2.55. The van der Waals surface area contributed by atoms with Gasteiger partial charge in [-0.15, -0.1) is 0 Å². The lowest BCUT2D eigenvalue weighted by molar-refractivity contribution is -0.383. The van der Waals surface area contributed by atoms with Crippen LogP contribution in [-0.2, 0) is 0 Å². The van der Waals surface area contributed by atoms with Gasteiger partial charge in [0, 0.05) is 12.3 Å². The molecule has 1 aromatic carbocycles. The van der Waals surface area contributed by atoms with E-state index in [1.165, 1.54) is 26.2 Å². The molecule has 0 unspecified atom stereocenters. The number of methoxy groups -OCH3 is 1. The largest absolute Gasteiger partial charge is 0.496 e. The van der Waals surface area contributed by atoms with Crippen molar-refractivity contribution < 1.29 is 18.9 Å². The standard InChI is InChI=1S/C11H9NO5/c1-6(13)10-4-7-3-8(16-2)5-9(12(14)15)11(7)17-10/h3-5H,1-2H3. The third kappa shape index (κ3) is 1.84. The van der Waals surface area contributed by atoms with E-state index in [4.69, 9.17) is 9.15 Å². The van der Waals surface area contributed by atoms with Gasteiger partial charge in [-0.05, 0) is 12.1 Å². The fraction of sp³-hybridized carbons (Fsp3) is 0.182. The summed E-state index contributed by atoms with van der Waals surface area (Å²) in [5.74, 6) is 0.158. The zero-order valence-corrected chi connectivity index (χ0v) is 9.22. The van der Waals surface area contributed by atoms with E-state index >= 15 is 0 Å². The lowest BCUT2D eigenvalue weighted by atomic mass is 10.2. The fourth-order valence-electron chi connectivity index (χ4n) is 1.53. The Bertz CT molecular complexity index is 614. The topological polar surface area (TPSA) is 82.6 Å². The van der Waals surface area contributed by atoms with Crippen molar-refractivity contribution in [3.05, 3.63) is 34.1 Å². The quantitative estimate of drug-likeness (QED) is 0.463. The van der Waals surface area contributed by atoms with Gasteiger partial charge in [-0.1, -0.05) is 0 Å². The molecule has 0 spiro atoms. The van der Waals surface area contributed by atoms with E-state index in [9.17, 15) is 14.9 Å². The third-order valence-corrected chi connectivity index (χ3v) is 2.35. The van der Waals surface area contributed by atoms with Gasteiger partial charge in [-0.25, -0.2) is 0 Å². The summed E-state index contributed by atoms with van der Waals surface area (Å²) >= 11 is 0. The number of carbonyl (C=O) groups is 1. The number of non-ortho nitro benzene ring substituents is 1. The van der Waals surface area contributed by atoms with E-state index in [0.29, 0.717) is 11.1 Å². The van der Waals surface area contributed by atoms with Gasteiger partial charge in [0.15, 0.2) is 11.5 Å². The van der Waals surface area contributed by atoms with E-state index < -0.39 is 4.92 Å². The number of carbonyl (C=O) groups excluding carboxylic acids is 1. The average Bonchev–Trinajstić information content (AvgIpc) is 2.70. The molecule has 0 fully saturated rings. The Labute approximate surface area is 95.9 Å². The van der Waals surface area contributed by atoms with E-state index in [-0.39, 0.29) is 22.8 Å². The zero-order valence-electron chi connectivity index (χ0n) is 9.22. The maximum absolute atomic E-state index is 11.2. The van der Waals surface area contributed by atoms with E-state index in [1.54, 1.807) is 6.07 Å². The van der Waals surface area contributed by atoms with Crippen molar-refractivity contribution in [2.45, 2.75) is 6.92 Å². The normalized spacial score (nSPS) is 10.5. The highest BCUT2D eigenvalue weighted by molar-refractivity contribution is 5.98. The molecule has 0 saturated heterocycles. The van der Waals surface area contributed by atoms with Crippen molar-refractivity contribution in [1.29, 1.82) is 0 Å². The number of furan rings is 1. The van der Waals surface area contributed by atoms with Crippen LogP contribution in [0.1, 0.15) is 17.5 Å². The van der Waals surface area contributed by atoms with Crippen LogP contribution in [0.4, 0.5) is 5.69 Å². The van der Waals surface area contributed by atoms with Crippen LogP contribution < -0.4 is 4.74 Å². The summed E-state index contributed by atoms with van der Waals surface area (Å²) in [4.78, 5) is 21.5. The Morgan fingerprint density at radius 3 is 2.65 bits per heavy atom. The smallest absolute Gasteiger partial charge is 0.315 e. The Morgan fingerprint density at radius 2 is 2.12 bits per heavy atom. The van der Waals surface area contributed by atoms with Gasteiger partial charge in [-0.3, -0.25) is 14.9 Å². The number of nitro groups is 1. The predicted molar refractivity (Wildman–Crippen MR) is 59.4 cm³/mol. The van der Waals surface area contributed by atoms with Crippen molar-refractivity contribution in [2.75, 3.05) is 7.11 Å². The van der Waals surface area contributed by atoms with E-state index in [0.717, 1.165) is 0 Å². The van der Waals surface area contributed by atoms with Crippen molar-refractivity contribution in [1.82, 2.24) is 0 Å². The molecule has 0 bridgehead atoms. The molecule has 0 aliphatic heterocycles. The van der Waals surface area contributed by atoms with Gasteiger partial charge in [0.2, 0.25) is 5.58 Å². The zero-order chi connectivity index (χ0) is 12.6. The van der Waals surface area contributed by atoms with Gasteiger partial charge >= 0.3 is 5.69 Å². The number of benzene rings is 1. The maximum atomic E-state index is 11.2. The molecular weight excluding hydrogens is 226 g/mol. The highest BCUT2D eigenvalue weighted by atomic mass is 16.6. The van der Waals surface area contributed by atoms with E-state index in [2.05, 4.69) is 0 Å². The second kappa shape index (κ2) is 3.89. The number of fused-ring (bicyclic) bond motifs is 1. The number of hydrogen-bond donors (Lipinski definition) is 0. The Kier molecular flexibility index (Phi) is 2.55. The molecule has 0 atom stereocenters. The number of rotatable bonds is 3. The molecule has 6 heteroatoms. The minimum atomic E-state index is -0.571. The number of ether oxygens (including phenoxy) is 1. The van der Waals surface area contributed by atoms with Gasteiger partial charge in [0.05, 0.1) is 18.1 Å². The second-order valence-corrected chi connectivity index (χ2v) is 3.49. The molecular formula is C11H9NO5. The lowest BCUT2D eigenvalue weighted by Gasteiger charge is -1.99. The first kappa shape index (κ1) is 11.1. The van der Waals surface area contributed by atoms with Crippen LogP contribution >= 0.6 is 0 Å². The molecule has 1 heterocycles. The molecule has 0 aliphatic rings. The Morgan fingerprint density at radius 1 is 1.41 bits per heavy atom. The highest BCUT2D eigenvalue weighted by Crippen LogP contribution is 2.33. The first-order valence-corrected chi connectivity index (χ1v) is 4.80. The molecule has 0 radical (unpaired) electrons. The minimum Gasteiger partial charge on any atom is -0.496 e. The summed E-state index contributed by atoms with van der Waals surface area (Å²) in [5, 5.41) is 11.3. The van der Waals surface area contributed by atoms with Gasteiger partial charge in [0.25, 0.3) is 0 Å². The molecule has 1 aromatic heterocycles. The summed E-state index contributed by atoms with van der Waals surface area (Å²) in [6, 6.07) is 4.31. The summed E-state index contributed by atoms with van der Waals surface area (Å²) in [6.45, 7) is 1.33. The van der Waals surface area contributed by atoms with Gasteiger partial charge in [-0.2, -0.15) is 0 Å². The average molecular weight is 235 g/mol. The van der Waals surface area contributed by atoms with Gasteiger partial charge in [0.1, 0.15) is 5.75 Å². The molecule has 17 heavy (non-hydrogen) atoms. The molecule has 2 aromatic rings. The number of ketones is 1. The molecule has 2 rings (SSSR count).